The normalized spacial score (nSPS) is 15.8. The van der Waals surface area contributed by atoms with Crippen molar-refractivity contribution in [3.05, 3.63) is 71.1 Å². The molecule has 0 atom stereocenters. The van der Waals surface area contributed by atoms with Gasteiger partial charge in [0.1, 0.15) is 0 Å². The third-order valence-corrected chi connectivity index (χ3v) is 4.75. The van der Waals surface area contributed by atoms with Gasteiger partial charge in [0.05, 0.1) is 6.20 Å². The summed E-state index contributed by atoms with van der Waals surface area (Å²) in [7, 11) is 1.92. The quantitative estimate of drug-likeness (QED) is 0.868. The number of aromatic nitrogens is 2. The van der Waals surface area contributed by atoms with Crippen LogP contribution in [0.2, 0.25) is 0 Å². The van der Waals surface area contributed by atoms with E-state index in [1.165, 1.54) is 16.7 Å². The Kier molecular flexibility index (Phi) is 5.68. The summed E-state index contributed by atoms with van der Waals surface area (Å²) >= 11 is 0. The van der Waals surface area contributed by atoms with Gasteiger partial charge < -0.3 is 5.11 Å². The van der Waals surface area contributed by atoms with Crippen LogP contribution in [-0.4, -0.2) is 45.4 Å². The van der Waals surface area contributed by atoms with Gasteiger partial charge in [-0.25, -0.2) is 4.79 Å². The van der Waals surface area contributed by atoms with E-state index in [4.69, 9.17) is 0 Å². The van der Waals surface area contributed by atoms with E-state index < -0.39 is 5.97 Å². The third kappa shape index (κ3) is 4.29. The topological polar surface area (TPSA) is 58.4 Å². The van der Waals surface area contributed by atoms with E-state index in [9.17, 15) is 9.90 Å². The third-order valence-electron chi connectivity index (χ3n) is 4.75. The lowest BCUT2D eigenvalue weighted by Gasteiger charge is -2.25. The summed E-state index contributed by atoms with van der Waals surface area (Å²) in [5.74, 6) is -0.804. The Morgan fingerprint density at radius 1 is 1.35 bits per heavy atom. The summed E-state index contributed by atoms with van der Waals surface area (Å²) in [6, 6.07) is 8.36. The number of carboxylic acids is 1. The second-order valence-corrected chi connectivity index (χ2v) is 6.72. The number of benzene rings is 1. The van der Waals surface area contributed by atoms with Crippen LogP contribution in [-0.2, 0) is 11.8 Å². The number of nitrogens with zero attached hydrogens (tertiary/aromatic N) is 3. The van der Waals surface area contributed by atoms with E-state index in [0.717, 1.165) is 31.5 Å². The molecular weight excluding hydrogens is 326 g/mol. The highest BCUT2D eigenvalue weighted by Gasteiger charge is 2.17. The van der Waals surface area contributed by atoms with Gasteiger partial charge in [0.25, 0.3) is 0 Å². The first kappa shape index (κ1) is 18.1. The molecule has 0 spiro atoms. The second kappa shape index (κ2) is 8.15. The molecule has 1 aliphatic heterocycles. The number of aryl methyl sites for hydroxylation is 2. The molecule has 2 heterocycles. The lowest BCUT2D eigenvalue weighted by Crippen LogP contribution is -2.32. The minimum atomic E-state index is -0.804. The van der Waals surface area contributed by atoms with Crippen LogP contribution in [0.5, 0.6) is 0 Å². The van der Waals surface area contributed by atoms with Gasteiger partial charge in [-0.2, -0.15) is 5.10 Å². The van der Waals surface area contributed by atoms with E-state index in [-0.39, 0.29) is 0 Å². The van der Waals surface area contributed by atoms with Crippen LogP contribution in [0.15, 0.2) is 54.4 Å². The smallest absolute Gasteiger partial charge is 0.332 e. The summed E-state index contributed by atoms with van der Waals surface area (Å²) in [6.07, 6.45) is 9.68. The summed E-state index contributed by atoms with van der Waals surface area (Å²) in [5.41, 5.74) is 5.24. The molecule has 0 bridgehead atoms. The first-order valence-electron chi connectivity index (χ1n) is 8.94. The van der Waals surface area contributed by atoms with Crippen molar-refractivity contribution < 1.29 is 9.90 Å². The molecule has 0 unspecified atom stereocenters. The van der Waals surface area contributed by atoms with Crippen LogP contribution < -0.4 is 0 Å². The maximum atomic E-state index is 11.2. The molecule has 1 aliphatic rings. The standard InChI is InChI=1S/C21H25N3O2/c1-16-7-3-4-9-19(16)20(18-13-22-23(2)14-18)10-6-12-24-11-5-8-17(15-24)21(25)26/h3-4,7-10,13-14H,5-6,11-12,15H2,1-2H3,(H,25,26). The van der Waals surface area contributed by atoms with Gasteiger partial charge in [0, 0.05) is 44.0 Å². The van der Waals surface area contributed by atoms with Gasteiger partial charge in [0.2, 0.25) is 0 Å². The van der Waals surface area contributed by atoms with E-state index in [1.807, 2.05) is 36.3 Å². The second-order valence-electron chi connectivity index (χ2n) is 6.72. The Balaban J connectivity index is 1.77. The van der Waals surface area contributed by atoms with Crippen molar-refractivity contribution in [1.29, 1.82) is 0 Å². The van der Waals surface area contributed by atoms with Crippen molar-refractivity contribution >= 4 is 11.5 Å². The molecule has 136 valence electrons. The molecule has 0 saturated carbocycles. The highest BCUT2D eigenvalue weighted by molar-refractivity contribution is 5.87. The first-order chi connectivity index (χ1) is 12.5. The van der Waals surface area contributed by atoms with Gasteiger partial charge >= 0.3 is 5.97 Å². The Labute approximate surface area is 154 Å². The molecule has 1 N–H and O–H groups in total. The largest absolute Gasteiger partial charge is 0.478 e. The molecule has 1 aromatic carbocycles. The predicted molar refractivity (Wildman–Crippen MR) is 103 cm³/mol. The van der Waals surface area contributed by atoms with Crippen molar-refractivity contribution in [2.75, 3.05) is 19.6 Å². The molecule has 0 fully saturated rings. The Morgan fingerprint density at radius 3 is 2.85 bits per heavy atom. The molecule has 0 aliphatic carbocycles. The summed E-state index contributed by atoms with van der Waals surface area (Å²) in [5, 5.41) is 13.5. The maximum absolute atomic E-state index is 11.2. The number of hydrogen-bond donors (Lipinski definition) is 1. The van der Waals surface area contributed by atoms with Crippen molar-refractivity contribution in [2.24, 2.45) is 7.05 Å². The average molecular weight is 351 g/mol. The van der Waals surface area contributed by atoms with Crippen molar-refractivity contribution in [3.8, 4) is 0 Å². The van der Waals surface area contributed by atoms with E-state index >= 15 is 0 Å². The first-order valence-corrected chi connectivity index (χ1v) is 8.94. The molecular formula is C21H25N3O2. The monoisotopic (exact) mass is 351 g/mol. The van der Waals surface area contributed by atoms with Gasteiger partial charge in [-0.05, 0) is 36.5 Å². The van der Waals surface area contributed by atoms with Crippen LogP contribution in [0.3, 0.4) is 0 Å². The molecule has 0 amide bonds. The van der Waals surface area contributed by atoms with Crippen LogP contribution in [0.1, 0.15) is 29.5 Å². The fourth-order valence-corrected chi connectivity index (χ4v) is 3.36. The van der Waals surface area contributed by atoms with E-state index in [2.05, 4.69) is 41.2 Å². The van der Waals surface area contributed by atoms with E-state index in [0.29, 0.717) is 12.1 Å². The lowest BCUT2D eigenvalue weighted by molar-refractivity contribution is -0.133. The Bertz CT molecular complexity index is 848. The minimum absolute atomic E-state index is 0.506. The number of carbonyl (C=O) groups is 1. The van der Waals surface area contributed by atoms with E-state index in [1.54, 1.807) is 0 Å². The summed E-state index contributed by atoms with van der Waals surface area (Å²) in [4.78, 5) is 13.4. The molecule has 0 saturated heterocycles. The van der Waals surface area contributed by atoms with Crippen LogP contribution in [0.4, 0.5) is 0 Å². The van der Waals surface area contributed by atoms with Crippen molar-refractivity contribution in [2.45, 2.75) is 19.8 Å². The fraction of sp³-hybridized carbons (Fsp3) is 0.333. The number of carboxylic acid groups (broad SMARTS) is 1. The molecule has 3 rings (SSSR count). The van der Waals surface area contributed by atoms with Crippen molar-refractivity contribution in [3.63, 3.8) is 0 Å². The average Bonchev–Trinajstić information content (AvgIpc) is 3.06. The minimum Gasteiger partial charge on any atom is -0.478 e. The molecule has 5 nitrogen and oxygen atoms in total. The zero-order chi connectivity index (χ0) is 18.5. The van der Waals surface area contributed by atoms with Gasteiger partial charge in [0.15, 0.2) is 0 Å². The highest BCUT2D eigenvalue weighted by Crippen LogP contribution is 2.26. The number of hydrogen-bond acceptors (Lipinski definition) is 3. The summed E-state index contributed by atoms with van der Waals surface area (Å²) in [6.45, 7) is 4.40. The zero-order valence-corrected chi connectivity index (χ0v) is 15.4. The summed E-state index contributed by atoms with van der Waals surface area (Å²) < 4.78 is 1.82. The molecule has 1 aromatic heterocycles. The Morgan fingerprint density at radius 2 is 2.15 bits per heavy atom. The highest BCUT2D eigenvalue weighted by atomic mass is 16.4. The van der Waals surface area contributed by atoms with Crippen LogP contribution in [0.25, 0.3) is 5.57 Å². The fourth-order valence-electron chi connectivity index (χ4n) is 3.36. The predicted octanol–water partition coefficient (Wildman–Crippen LogP) is 3.27. The van der Waals surface area contributed by atoms with Crippen LogP contribution >= 0.6 is 0 Å². The maximum Gasteiger partial charge on any atom is 0.332 e. The van der Waals surface area contributed by atoms with Gasteiger partial charge in [-0.15, -0.1) is 0 Å². The van der Waals surface area contributed by atoms with Gasteiger partial charge in [-0.3, -0.25) is 9.58 Å². The molecule has 5 heteroatoms. The number of aliphatic carboxylic acids is 1. The lowest BCUT2D eigenvalue weighted by atomic mass is 9.95. The SMILES string of the molecule is Cc1ccccc1C(=CCCN1CCC=C(C(=O)O)C1)c1cnn(C)c1. The molecule has 26 heavy (non-hydrogen) atoms. The molecule has 0 radical (unpaired) electrons. The Hall–Kier alpha value is -2.66. The number of rotatable bonds is 6. The van der Waals surface area contributed by atoms with Gasteiger partial charge in [-0.1, -0.05) is 36.4 Å². The zero-order valence-electron chi connectivity index (χ0n) is 15.4. The molecule has 2 aromatic rings. The van der Waals surface area contributed by atoms with Crippen molar-refractivity contribution in [1.82, 2.24) is 14.7 Å². The van der Waals surface area contributed by atoms with Crippen LogP contribution in [0, 0.1) is 6.92 Å².